The Morgan fingerprint density at radius 1 is 0.852 bits per heavy atom. The third-order valence-electron chi connectivity index (χ3n) is 4.04. The van der Waals surface area contributed by atoms with E-state index >= 15 is 0 Å². The van der Waals surface area contributed by atoms with Gasteiger partial charge in [-0.3, -0.25) is 4.31 Å². The minimum Gasteiger partial charge on any atom is -0.497 e. The summed E-state index contributed by atoms with van der Waals surface area (Å²) in [6.45, 7) is -0.345. The van der Waals surface area contributed by atoms with E-state index in [0.29, 0.717) is 5.75 Å². The Bertz CT molecular complexity index is 1040. The molecule has 140 valence electrons. The van der Waals surface area contributed by atoms with Gasteiger partial charge in [0.25, 0.3) is 10.0 Å². The van der Waals surface area contributed by atoms with Crippen LogP contribution in [0.4, 0.5) is 14.5 Å². The molecule has 0 bridgehead atoms. The maximum absolute atomic E-state index is 14.4. The van der Waals surface area contributed by atoms with Gasteiger partial charge < -0.3 is 4.74 Å². The topological polar surface area (TPSA) is 46.6 Å². The Morgan fingerprint density at radius 3 is 2.04 bits per heavy atom. The minimum atomic E-state index is -4.15. The molecule has 0 saturated carbocycles. The first-order valence-electron chi connectivity index (χ1n) is 8.08. The van der Waals surface area contributed by atoms with Crippen LogP contribution in [0.1, 0.15) is 5.56 Å². The number of sulfonamides is 1. The lowest BCUT2D eigenvalue weighted by Crippen LogP contribution is -2.31. The van der Waals surface area contributed by atoms with Crippen LogP contribution in [0, 0.1) is 11.6 Å². The van der Waals surface area contributed by atoms with Crippen molar-refractivity contribution in [2.24, 2.45) is 0 Å². The number of methoxy groups -OCH3 is 1. The zero-order valence-electron chi connectivity index (χ0n) is 14.5. The Labute approximate surface area is 156 Å². The van der Waals surface area contributed by atoms with E-state index in [1.807, 2.05) is 0 Å². The Balaban J connectivity index is 2.11. The highest BCUT2D eigenvalue weighted by molar-refractivity contribution is 7.92. The molecule has 0 aliphatic heterocycles. The summed E-state index contributed by atoms with van der Waals surface area (Å²) in [6, 6.07) is 17.0. The van der Waals surface area contributed by atoms with E-state index in [0.717, 1.165) is 10.4 Å². The highest BCUT2D eigenvalue weighted by atomic mass is 32.2. The summed E-state index contributed by atoms with van der Waals surface area (Å²) in [5.74, 6) is -0.796. The molecule has 3 aromatic carbocycles. The third-order valence-corrected chi connectivity index (χ3v) is 5.81. The molecule has 0 unspecified atom stereocenters. The summed E-state index contributed by atoms with van der Waals surface area (Å²) >= 11 is 0. The number of hydrogen-bond donors (Lipinski definition) is 0. The van der Waals surface area contributed by atoms with E-state index in [1.54, 1.807) is 6.07 Å². The molecule has 0 amide bonds. The quantitative estimate of drug-likeness (QED) is 0.629. The van der Waals surface area contributed by atoms with Gasteiger partial charge in [-0.2, -0.15) is 0 Å². The van der Waals surface area contributed by atoms with Crippen LogP contribution < -0.4 is 9.04 Å². The van der Waals surface area contributed by atoms with Crippen molar-refractivity contribution in [3.63, 3.8) is 0 Å². The van der Waals surface area contributed by atoms with Gasteiger partial charge in [-0.25, -0.2) is 17.2 Å². The van der Waals surface area contributed by atoms with E-state index in [9.17, 15) is 17.2 Å². The van der Waals surface area contributed by atoms with Crippen LogP contribution in [0.3, 0.4) is 0 Å². The molecule has 3 rings (SSSR count). The van der Waals surface area contributed by atoms with Crippen molar-refractivity contribution in [3.05, 3.63) is 90.0 Å². The number of rotatable bonds is 6. The first kappa shape index (κ1) is 18.8. The fourth-order valence-corrected chi connectivity index (χ4v) is 4.06. The molecule has 0 fully saturated rings. The summed E-state index contributed by atoms with van der Waals surface area (Å²) in [7, 11) is -2.68. The lowest BCUT2D eigenvalue weighted by Gasteiger charge is -2.25. The summed E-state index contributed by atoms with van der Waals surface area (Å²) < 4.78 is 60.8. The molecule has 0 N–H and O–H groups in total. The highest BCUT2D eigenvalue weighted by Crippen LogP contribution is 2.29. The molecule has 27 heavy (non-hydrogen) atoms. The van der Waals surface area contributed by atoms with Gasteiger partial charge in [0.15, 0.2) is 0 Å². The number of ether oxygens (including phenoxy) is 1. The second-order valence-electron chi connectivity index (χ2n) is 5.73. The fourth-order valence-electron chi connectivity index (χ4n) is 2.61. The van der Waals surface area contributed by atoms with Gasteiger partial charge in [0.2, 0.25) is 0 Å². The van der Waals surface area contributed by atoms with Crippen molar-refractivity contribution in [1.82, 2.24) is 0 Å². The normalized spacial score (nSPS) is 11.2. The van der Waals surface area contributed by atoms with Crippen LogP contribution in [0.2, 0.25) is 0 Å². The van der Waals surface area contributed by atoms with Crippen LogP contribution in [0.5, 0.6) is 5.75 Å². The molecule has 0 radical (unpaired) electrons. The average Bonchev–Trinajstić information content (AvgIpc) is 2.68. The summed E-state index contributed by atoms with van der Waals surface area (Å²) in [6.07, 6.45) is 0. The number of anilines is 1. The maximum atomic E-state index is 14.4. The molecule has 0 spiro atoms. The smallest absolute Gasteiger partial charge is 0.264 e. The number of nitrogens with zero attached hydrogens (tertiary/aromatic N) is 1. The summed E-state index contributed by atoms with van der Waals surface area (Å²) in [4.78, 5) is -0.0529. The average molecular weight is 389 g/mol. The SMILES string of the molecule is COc1ccc(S(=O)(=O)N(Cc2ccccc2F)c2ccccc2F)cc1. The predicted octanol–water partition coefficient (Wildman–Crippen LogP) is 4.37. The third kappa shape index (κ3) is 3.93. The molecule has 0 aliphatic carbocycles. The van der Waals surface area contributed by atoms with Crippen molar-refractivity contribution in [1.29, 1.82) is 0 Å². The maximum Gasteiger partial charge on any atom is 0.264 e. The van der Waals surface area contributed by atoms with Crippen LogP contribution in [-0.2, 0) is 16.6 Å². The van der Waals surface area contributed by atoms with E-state index in [-0.39, 0.29) is 22.7 Å². The second kappa shape index (κ2) is 7.75. The van der Waals surface area contributed by atoms with E-state index in [4.69, 9.17) is 4.74 Å². The molecule has 0 aromatic heterocycles. The van der Waals surface area contributed by atoms with Crippen molar-refractivity contribution >= 4 is 15.7 Å². The Kier molecular flexibility index (Phi) is 5.41. The largest absolute Gasteiger partial charge is 0.497 e. The highest BCUT2D eigenvalue weighted by Gasteiger charge is 2.28. The van der Waals surface area contributed by atoms with Gasteiger partial charge >= 0.3 is 0 Å². The monoisotopic (exact) mass is 389 g/mol. The second-order valence-corrected chi connectivity index (χ2v) is 7.59. The predicted molar refractivity (Wildman–Crippen MR) is 99.2 cm³/mol. The van der Waals surface area contributed by atoms with Gasteiger partial charge in [0.1, 0.15) is 17.4 Å². The first-order chi connectivity index (χ1) is 12.9. The number of para-hydroxylation sites is 1. The lowest BCUT2D eigenvalue weighted by atomic mass is 10.2. The van der Waals surface area contributed by atoms with Crippen LogP contribution in [-0.4, -0.2) is 15.5 Å². The van der Waals surface area contributed by atoms with E-state index < -0.39 is 21.7 Å². The molecule has 0 atom stereocenters. The van der Waals surface area contributed by atoms with Crippen LogP contribution in [0.15, 0.2) is 77.7 Å². The number of halogens is 2. The van der Waals surface area contributed by atoms with E-state index in [1.165, 1.54) is 67.8 Å². The molecule has 0 aliphatic rings. The number of hydrogen-bond acceptors (Lipinski definition) is 3. The minimum absolute atomic E-state index is 0.0529. The van der Waals surface area contributed by atoms with Crippen molar-refractivity contribution in [2.45, 2.75) is 11.4 Å². The molecular weight excluding hydrogens is 372 g/mol. The Hall–Kier alpha value is -2.93. The molecular formula is C20H17F2NO3S. The van der Waals surface area contributed by atoms with Crippen LogP contribution in [0.25, 0.3) is 0 Å². The van der Waals surface area contributed by atoms with Crippen molar-refractivity contribution in [3.8, 4) is 5.75 Å². The van der Waals surface area contributed by atoms with Crippen molar-refractivity contribution < 1.29 is 21.9 Å². The van der Waals surface area contributed by atoms with Gasteiger partial charge in [0.05, 0.1) is 24.2 Å². The Morgan fingerprint density at radius 2 is 1.44 bits per heavy atom. The molecule has 4 nitrogen and oxygen atoms in total. The zero-order valence-corrected chi connectivity index (χ0v) is 15.3. The van der Waals surface area contributed by atoms with Gasteiger partial charge in [-0.15, -0.1) is 0 Å². The standard InChI is InChI=1S/C20H17F2NO3S/c1-26-16-10-12-17(13-11-16)27(24,25)23(20-9-5-4-8-19(20)22)14-15-6-2-3-7-18(15)21/h2-13H,14H2,1H3. The van der Waals surface area contributed by atoms with Crippen LogP contribution >= 0.6 is 0 Å². The summed E-state index contributed by atoms with van der Waals surface area (Å²) in [5, 5.41) is 0. The van der Waals surface area contributed by atoms with E-state index in [2.05, 4.69) is 0 Å². The van der Waals surface area contributed by atoms with Crippen molar-refractivity contribution in [2.75, 3.05) is 11.4 Å². The van der Waals surface area contributed by atoms with Gasteiger partial charge in [-0.1, -0.05) is 30.3 Å². The zero-order chi connectivity index (χ0) is 19.4. The van der Waals surface area contributed by atoms with Gasteiger partial charge in [-0.05, 0) is 42.5 Å². The fraction of sp³-hybridized carbons (Fsp3) is 0.100. The summed E-state index contributed by atoms with van der Waals surface area (Å²) in [5.41, 5.74) is -0.0191. The molecule has 3 aromatic rings. The first-order valence-corrected chi connectivity index (χ1v) is 9.52. The lowest BCUT2D eigenvalue weighted by molar-refractivity contribution is 0.414. The molecule has 0 heterocycles. The molecule has 7 heteroatoms. The number of benzene rings is 3. The van der Waals surface area contributed by atoms with Gasteiger partial charge in [0, 0.05) is 5.56 Å². The molecule has 0 saturated heterocycles.